The number of nitrogens with one attached hydrogen (secondary N) is 3. The van der Waals surface area contributed by atoms with Crippen molar-refractivity contribution >= 4 is 34.8 Å². The highest BCUT2D eigenvalue weighted by Crippen LogP contribution is 2.32. The van der Waals surface area contributed by atoms with E-state index in [2.05, 4.69) is 16.0 Å². The molecule has 0 aromatic heterocycles. The molecule has 0 saturated carbocycles. The number of carbonyl (C=O) groups excluding carboxylic acids is 3. The molecule has 0 saturated heterocycles. The van der Waals surface area contributed by atoms with Gasteiger partial charge in [0.25, 0.3) is 11.8 Å². The summed E-state index contributed by atoms with van der Waals surface area (Å²) < 4.78 is 5.49. The summed E-state index contributed by atoms with van der Waals surface area (Å²) in [6.07, 6.45) is -0.548. The molecule has 0 fully saturated rings. The molecule has 1 aliphatic heterocycles. The molecule has 7 heteroatoms. The van der Waals surface area contributed by atoms with Crippen LogP contribution >= 0.6 is 0 Å². The maximum absolute atomic E-state index is 12.4. The van der Waals surface area contributed by atoms with Crippen LogP contribution in [0.2, 0.25) is 0 Å². The number of fused-ring (bicyclic) bond motifs is 1. The van der Waals surface area contributed by atoms with Crippen LogP contribution in [-0.2, 0) is 9.59 Å². The van der Waals surface area contributed by atoms with Gasteiger partial charge < -0.3 is 20.7 Å². The average molecular weight is 367 g/mol. The molecular weight excluding hydrogens is 346 g/mol. The molecule has 2 aromatic rings. The van der Waals surface area contributed by atoms with Gasteiger partial charge in [0.15, 0.2) is 6.10 Å². The first-order valence-corrected chi connectivity index (χ1v) is 8.67. The van der Waals surface area contributed by atoms with Gasteiger partial charge >= 0.3 is 0 Å². The number of anilines is 3. The highest BCUT2D eigenvalue weighted by molar-refractivity contribution is 6.05. The number of hydrogen-bond donors (Lipinski definition) is 3. The van der Waals surface area contributed by atoms with E-state index in [9.17, 15) is 14.4 Å². The lowest BCUT2D eigenvalue weighted by Gasteiger charge is -2.23. The van der Waals surface area contributed by atoms with Gasteiger partial charge in [-0.3, -0.25) is 14.4 Å². The zero-order valence-corrected chi connectivity index (χ0v) is 15.3. The van der Waals surface area contributed by atoms with Gasteiger partial charge in [0.1, 0.15) is 5.75 Å². The maximum atomic E-state index is 12.4. The Morgan fingerprint density at radius 3 is 2.37 bits per heavy atom. The predicted molar refractivity (Wildman–Crippen MR) is 103 cm³/mol. The van der Waals surface area contributed by atoms with E-state index < -0.39 is 6.10 Å². The Morgan fingerprint density at radius 2 is 1.70 bits per heavy atom. The normalized spacial score (nSPS) is 15.4. The Hall–Kier alpha value is -3.35. The molecule has 0 radical (unpaired) electrons. The lowest BCUT2D eigenvalue weighted by molar-refractivity contribution is -0.122. The minimum atomic E-state index is -0.548. The van der Waals surface area contributed by atoms with E-state index in [4.69, 9.17) is 4.74 Å². The zero-order chi connectivity index (χ0) is 19.6. The Balaban J connectivity index is 1.68. The van der Waals surface area contributed by atoms with E-state index in [1.54, 1.807) is 49.4 Å². The Bertz CT molecular complexity index is 891. The van der Waals surface area contributed by atoms with Crippen LogP contribution in [0.1, 0.15) is 31.1 Å². The predicted octanol–water partition coefficient (Wildman–Crippen LogP) is 3.25. The largest absolute Gasteiger partial charge is 0.479 e. The monoisotopic (exact) mass is 367 g/mol. The number of ether oxygens (including phenoxy) is 1. The third-order valence-electron chi connectivity index (χ3n) is 4.11. The lowest BCUT2D eigenvalue weighted by Crippen LogP contribution is -2.34. The van der Waals surface area contributed by atoms with Gasteiger partial charge in [-0.15, -0.1) is 0 Å². The minimum absolute atomic E-state index is 0.0835. The summed E-state index contributed by atoms with van der Waals surface area (Å²) in [4.78, 5) is 35.8. The van der Waals surface area contributed by atoms with E-state index in [0.717, 1.165) is 0 Å². The van der Waals surface area contributed by atoms with Crippen molar-refractivity contribution in [1.29, 1.82) is 0 Å². The number of hydrogen-bond acceptors (Lipinski definition) is 4. The van der Waals surface area contributed by atoms with Gasteiger partial charge in [-0.25, -0.2) is 0 Å². The Morgan fingerprint density at radius 1 is 1.04 bits per heavy atom. The molecule has 1 atom stereocenters. The molecule has 7 nitrogen and oxygen atoms in total. The summed E-state index contributed by atoms with van der Waals surface area (Å²) >= 11 is 0. The average Bonchev–Trinajstić information content (AvgIpc) is 2.63. The summed E-state index contributed by atoms with van der Waals surface area (Å²) in [5, 5.41) is 8.30. The summed E-state index contributed by atoms with van der Waals surface area (Å²) in [5.74, 6) is -0.173. The number of benzene rings is 2. The zero-order valence-electron chi connectivity index (χ0n) is 15.3. The number of carbonyl (C=O) groups is 3. The molecule has 3 rings (SSSR count). The molecule has 1 unspecified atom stereocenters. The molecule has 1 aliphatic rings. The standard InChI is InChI=1S/C20H21N3O4/c1-11(2)18(24)21-14-6-4-13(5-7-14)20(26)22-15-8-9-17-16(10-15)23-19(25)12(3)27-17/h4-12H,1-3H3,(H,21,24)(H,22,26)(H,23,25). The third kappa shape index (κ3) is 4.25. The van der Waals surface area contributed by atoms with Gasteiger partial charge in [-0.2, -0.15) is 0 Å². The van der Waals surface area contributed by atoms with Crippen molar-refractivity contribution < 1.29 is 19.1 Å². The van der Waals surface area contributed by atoms with Crippen molar-refractivity contribution in [2.45, 2.75) is 26.9 Å². The first kappa shape index (κ1) is 18.4. The second-order valence-corrected chi connectivity index (χ2v) is 6.64. The molecular formula is C20H21N3O4. The smallest absolute Gasteiger partial charge is 0.265 e. The van der Waals surface area contributed by atoms with E-state index in [-0.39, 0.29) is 23.6 Å². The summed E-state index contributed by atoms with van der Waals surface area (Å²) in [5.41, 5.74) is 2.13. The second kappa shape index (κ2) is 7.49. The Labute approximate surface area is 157 Å². The molecule has 0 bridgehead atoms. The van der Waals surface area contributed by atoms with E-state index in [1.807, 2.05) is 13.8 Å². The van der Waals surface area contributed by atoms with Crippen LogP contribution in [0.15, 0.2) is 42.5 Å². The van der Waals surface area contributed by atoms with Crippen LogP contribution in [0.5, 0.6) is 5.75 Å². The minimum Gasteiger partial charge on any atom is -0.479 e. The van der Waals surface area contributed by atoms with Crippen LogP contribution in [-0.4, -0.2) is 23.8 Å². The van der Waals surface area contributed by atoms with Crippen molar-refractivity contribution in [2.24, 2.45) is 5.92 Å². The van der Waals surface area contributed by atoms with E-state index in [1.165, 1.54) is 0 Å². The quantitative estimate of drug-likeness (QED) is 0.773. The fourth-order valence-electron chi connectivity index (χ4n) is 2.48. The molecule has 2 aromatic carbocycles. The van der Waals surface area contributed by atoms with Crippen LogP contribution in [0, 0.1) is 5.92 Å². The highest BCUT2D eigenvalue weighted by Gasteiger charge is 2.23. The summed E-state index contributed by atoms with van der Waals surface area (Å²) in [6.45, 7) is 5.29. The Kier molecular flexibility index (Phi) is 5.12. The van der Waals surface area contributed by atoms with Gasteiger partial charge in [0, 0.05) is 22.9 Å². The second-order valence-electron chi connectivity index (χ2n) is 6.64. The number of amides is 3. The maximum Gasteiger partial charge on any atom is 0.265 e. The summed E-state index contributed by atoms with van der Waals surface area (Å²) in [6, 6.07) is 11.7. The molecule has 3 amide bonds. The first-order valence-electron chi connectivity index (χ1n) is 8.67. The molecule has 0 spiro atoms. The van der Waals surface area contributed by atoms with Crippen molar-refractivity contribution in [3.8, 4) is 5.75 Å². The van der Waals surface area contributed by atoms with Gasteiger partial charge in [-0.05, 0) is 49.4 Å². The van der Waals surface area contributed by atoms with Gasteiger partial charge in [0.2, 0.25) is 5.91 Å². The van der Waals surface area contributed by atoms with Crippen molar-refractivity contribution in [2.75, 3.05) is 16.0 Å². The fraction of sp³-hybridized carbons (Fsp3) is 0.250. The topological polar surface area (TPSA) is 96.5 Å². The highest BCUT2D eigenvalue weighted by atomic mass is 16.5. The SMILES string of the molecule is CC(C)C(=O)Nc1ccc(C(=O)Nc2ccc3c(c2)NC(=O)C(C)O3)cc1. The van der Waals surface area contributed by atoms with E-state index in [0.29, 0.717) is 28.4 Å². The molecule has 3 N–H and O–H groups in total. The summed E-state index contributed by atoms with van der Waals surface area (Å²) in [7, 11) is 0. The third-order valence-corrected chi connectivity index (χ3v) is 4.11. The lowest BCUT2D eigenvalue weighted by atomic mass is 10.1. The van der Waals surface area contributed by atoms with Crippen molar-refractivity contribution in [3.63, 3.8) is 0 Å². The molecule has 27 heavy (non-hydrogen) atoms. The molecule has 140 valence electrons. The fourth-order valence-corrected chi connectivity index (χ4v) is 2.48. The molecule has 0 aliphatic carbocycles. The van der Waals surface area contributed by atoms with Gasteiger partial charge in [-0.1, -0.05) is 13.8 Å². The van der Waals surface area contributed by atoms with Crippen LogP contribution < -0.4 is 20.7 Å². The van der Waals surface area contributed by atoms with Crippen molar-refractivity contribution in [1.82, 2.24) is 0 Å². The number of rotatable bonds is 4. The van der Waals surface area contributed by atoms with E-state index >= 15 is 0 Å². The van der Waals surface area contributed by atoms with Crippen LogP contribution in [0.25, 0.3) is 0 Å². The van der Waals surface area contributed by atoms with Crippen molar-refractivity contribution in [3.05, 3.63) is 48.0 Å². The van der Waals surface area contributed by atoms with Gasteiger partial charge in [0.05, 0.1) is 5.69 Å². The van der Waals surface area contributed by atoms with Crippen LogP contribution in [0.4, 0.5) is 17.1 Å². The van der Waals surface area contributed by atoms with Crippen LogP contribution in [0.3, 0.4) is 0 Å². The first-order chi connectivity index (χ1) is 12.8. The molecule has 1 heterocycles.